The number of hydrogen-bond donors (Lipinski definition) is 1. The summed E-state index contributed by atoms with van der Waals surface area (Å²) < 4.78 is 70.9. The van der Waals surface area contributed by atoms with Gasteiger partial charge in [0.15, 0.2) is 11.6 Å². The van der Waals surface area contributed by atoms with E-state index >= 15 is 8.78 Å². The average molecular weight is 578 g/mol. The number of anilines is 1. The first-order valence-electron chi connectivity index (χ1n) is 12.1. The largest absolute Gasteiger partial charge is 0.519 e. The predicted molar refractivity (Wildman–Crippen MR) is 135 cm³/mol. The number of halogens is 4. The minimum Gasteiger partial charge on any atom is -0.477 e. The van der Waals surface area contributed by atoms with Crippen LogP contribution >= 0.6 is 11.8 Å². The summed E-state index contributed by atoms with van der Waals surface area (Å²) in [5.41, 5.74) is -2.58. The molecule has 1 atom stereocenters. The van der Waals surface area contributed by atoms with Gasteiger partial charge in [0.05, 0.1) is 22.5 Å². The lowest BCUT2D eigenvalue weighted by Gasteiger charge is -2.38. The van der Waals surface area contributed by atoms with Crippen molar-refractivity contribution in [2.75, 3.05) is 31.1 Å². The van der Waals surface area contributed by atoms with Crippen LogP contribution in [0.2, 0.25) is 0 Å². The Bertz CT molecular complexity index is 1830. The van der Waals surface area contributed by atoms with Crippen LogP contribution in [0.25, 0.3) is 10.9 Å². The molecule has 0 amide bonds. The Labute approximate surface area is 226 Å². The number of aromatic carboxylic acids is 1. The SMILES string of the molecule is Cc1oc(=O)oc1CN1CCN(c2c(F)cc3c(=O)c(C(=O)O)c4n(c3c2F)C(c2ccc(F)cc2F)S4)CC1. The number of nitrogens with zero attached hydrogens (tertiary/aromatic N) is 3. The Morgan fingerprint density at radius 1 is 1.05 bits per heavy atom. The minimum atomic E-state index is -1.59. The van der Waals surface area contributed by atoms with Crippen LogP contribution in [-0.2, 0) is 6.54 Å². The van der Waals surface area contributed by atoms with E-state index in [0.29, 0.717) is 30.7 Å². The summed E-state index contributed by atoms with van der Waals surface area (Å²) in [4.78, 5) is 39.6. The van der Waals surface area contributed by atoms with Crippen LogP contribution in [0.3, 0.4) is 0 Å². The molecule has 2 aliphatic rings. The molecule has 6 rings (SSSR count). The number of aromatic nitrogens is 1. The third-order valence-corrected chi connectivity index (χ3v) is 8.42. The molecule has 208 valence electrons. The van der Waals surface area contributed by atoms with Crippen molar-refractivity contribution in [2.45, 2.75) is 23.9 Å². The minimum absolute atomic E-state index is 0.0553. The van der Waals surface area contributed by atoms with Crippen molar-refractivity contribution in [3.8, 4) is 0 Å². The smallest absolute Gasteiger partial charge is 0.477 e. The first kappa shape index (κ1) is 26.2. The maximum Gasteiger partial charge on any atom is 0.519 e. The number of carbonyl (C=O) groups is 1. The number of hydrogen-bond acceptors (Lipinski definition) is 8. The summed E-state index contributed by atoms with van der Waals surface area (Å²) in [6.07, 6.45) is 0. The molecule has 2 aromatic carbocycles. The van der Waals surface area contributed by atoms with Crippen LogP contribution in [0.4, 0.5) is 23.2 Å². The number of rotatable bonds is 5. The molecular weight excluding hydrogens is 558 g/mol. The molecule has 2 aliphatic heterocycles. The molecule has 40 heavy (non-hydrogen) atoms. The highest BCUT2D eigenvalue weighted by Crippen LogP contribution is 2.51. The molecule has 0 radical (unpaired) electrons. The fourth-order valence-corrected chi connectivity index (χ4v) is 6.44. The van der Waals surface area contributed by atoms with Crippen LogP contribution < -0.4 is 16.2 Å². The lowest BCUT2D eigenvalue weighted by atomic mass is 10.1. The lowest BCUT2D eigenvalue weighted by Crippen LogP contribution is -2.46. The van der Waals surface area contributed by atoms with Gasteiger partial charge in [-0.1, -0.05) is 17.8 Å². The van der Waals surface area contributed by atoms with Crippen LogP contribution in [0.1, 0.15) is 32.8 Å². The molecule has 4 aromatic rings. The fourth-order valence-electron chi connectivity index (χ4n) is 5.14. The van der Waals surface area contributed by atoms with Crippen molar-refractivity contribution in [1.29, 1.82) is 0 Å². The van der Waals surface area contributed by atoms with E-state index in [1.165, 1.54) is 4.90 Å². The normalized spacial score (nSPS) is 17.2. The van der Waals surface area contributed by atoms with Crippen molar-refractivity contribution in [1.82, 2.24) is 9.47 Å². The van der Waals surface area contributed by atoms with E-state index in [-0.39, 0.29) is 35.7 Å². The number of carboxylic acids is 1. The van der Waals surface area contributed by atoms with Crippen LogP contribution in [-0.4, -0.2) is 46.7 Å². The first-order valence-corrected chi connectivity index (χ1v) is 12.9. The Balaban J connectivity index is 1.41. The Morgan fingerprint density at radius 2 is 1.77 bits per heavy atom. The second kappa shape index (κ2) is 9.55. The zero-order valence-corrected chi connectivity index (χ0v) is 21.5. The Kier molecular flexibility index (Phi) is 6.26. The number of piperazine rings is 1. The maximum atomic E-state index is 16.2. The van der Waals surface area contributed by atoms with E-state index in [1.807, 2.05) is 4.90 Å². The van der Waals surface area contributed by atoms with Gasteiger partial charge in [-0.05, 0) is 19.1 Å². The third kappa shape index (κ3) is 4.09. The predicted octanol–water partition coefficient (Wildman–Crippen LogP) is 4.09. The highest BCUT2D eigenvalue weighted by molar-refractivity contribution is 8.00. The Morgan fingerprint density at radius 3 is 2.40 bits per heavy atom. The van der Waals surface area contributed by atoms with Gasteiger partial charge in [-0.15, -0.1) is 0 Å². The van der Waals surface area contributed by atoms with E-state index in [1.54, 1.807) is 6.92 Å². The standard InChI is InChI=1S/C26H19F4N3O6S/c1-11-17(39-26(37)38-11)10-31-4-6-32(7-5-31)21-16(29)9-14-20(19(21)30)33-23(13-3-2-12(27)8-15(13)28)40-24(33)18(22(14)34)25(35)36/h2-3,8-9,23H,4-7,10H2,1H3,(H,35,36). The number of thioether (sulfide) groups is 1. The molecule has 1 unspecified atom stereocenters. The monoisotopic (exact) mass is 577 g/mol. The number of carboxylic acid groups (broad SMARTS) is 1. The molecule has 1 fully saturated rings. The molecule has 1 saturated heterocycles. The van der Waals surface area contributed by atoms with Gasteiger partial charge in [-0.25, -0.2) is 27.2 Å². The van der Waals surface area contributed by atoms with E-state index in [9.17, 15) is 28.3 Å². The Hall–Kier alpha value is -4.04. The van der Waals surface area contributed by atoms with Gasteiger partial charge in [-0.3, -0.25) is 9.69 Å². The third-order valence-electron chi connectivity index (χ3n) is 7.11. The average Bonchev–Trinajstić information content (AvgIpc) is 3.19. The van der Waals surface area contributed by atoms with Crippen LogP contribution in [0, 0.1) is 30.2 Å². The van der Waals surface area contributed by atoms with Crippen molar-refractivity contribution in [2.24, 2.45) is 0 Å². The molecule has 0 spiro atoms. The summed E-state index contributed by atoms with van der Waals surface area (Å²) in [6, 6.07) is 3.61. The van der Waals surface area contributed by atoms with Crippen molar-refractivity contribution in [3.05, 3.63) is 91.0 Å². The van der Waals surface area contributed by atoms with Gasteiger partial charge in [-0.2, -0.15) is 0 Å². The first-order chi connectivity index (χ1) is 19.0. The van der Waals surface area contributed by atoms with Crippen molar-refractivity contribution in [3.63, 3.8) is 0 Å². The topological polar surface area (TPSA) is 109 Å². The number of benzene rings is 2. The summed E-state index contributed by atoms with van der Waals surface area (Å²) in [5, 5.41) is 8.04. The number of pyridine rings is 1. The zero-order chi connectivity index (χ0) is 28.5. The van der Waals surface area contributed by atoms with Gasteiger partial charge in [0.1, 0.15) is 39.8 Å². The number of aryl methyl sites for hydroxylation is 1. The molecule has 0 aliphatic carbocycles. The van der Waals surface area contributed by atoms with Crippen molar-refractivity contribution >= 4 is 34.3 Å². The van der Waals surface area contributed by atoms with Crippen LogP contribution in [0.5, 0.6) is 0 Å². The van der Waals surface area contributed by atoms with Gasteiger partial charge in [0, 0.05) is 37.8 Å². The van der Waals surface area contributed by atoms with Crippen molar-refractivity contribution < 1.29 is 36.3 Å². The molecule has 2 aromatic heterocycles. The van der Waals surface area contributed by atoms with E-state index < -0.39 is 62.5 Å². The second-order valence-electron chi connectivity index (χ2n) is 9.43. The number of fused-ring (bicyclic) bond motifs is 3. The summed E-state index contributed by atoms with van der Waals surface area (Å²) in [6.45, 7) is 2.90. The van der Waals surface area contributed by atoms with E-state index in [2.05, 4.69) is 0 Å². The quantitative estimate of drug-likeness (QED) is 0.351. The van der Waals surface area contributed by atoms with E-state index in [0.717, 1.165) is 34.5 Å². The highest BCUT2D eigenvalue weighted by atomic mass is 32.2. The molecule has 0 saturated carbocycles. The second-order valence-corrected chi connectivity index (χ2v) is 10.5. The molecule has 4 heterocycles. The molecule has 9 nitrogen and oxygen atoms in total. The molecule has 0 bridgehead atoms. The maximum absolute atomic E-state index is 16.2. The summed E-state index contributed by atoms with van der Waals surface area (Å²) >= 11 is 0.815. The fraction of sp³-hybridized carbons (Fsp3) is 0.269. The van der Waals surface area contributed by atoms with Gasteiger partial charge in [0.25, 0.3) is 0 Å². The van der Waals surface area contributed by atoms with Gasteiger partial charge < -0.3 is 23.4 Å². The van der Waals surface area contributed by atoms with Gasteiger partial charge >= 0.3 is 11.8 Å². The van der Waals surface area contributed by atoms with E-state index in [4.69, 9.17) is 8.83 Å². The molecule has 14 heteroatoms. The summed E-state index contributed by atoms with van der Waals surface area (Å²) in [5.74, 6) is -5.63. The van der Waals surface area contributed by atoms with Gasteiger partial charge in [0.2, 0.25) is 5.43 Å². The van der Waals surface area contributed by atoms with Crippen LogP contribution in [0.15, 0.2) is 47.7 Å². The lowest BCUT2D eigenvalue weighted by molar-refractivity contribution is 0.0689. The zero-order valence-electron chi connectivity index (χ0n) is 20.7. The molecular formula is C26H19F4N3O6S. The molecule has 1 N–H and O–H groups in total. The summed E-state index contributed by atoms with van der Waals surface area (Å²) in [7, 11) is 0. The highest BCUT2D eigenvalue weighted by Gasteiger charge is 2.39.